The molecule has 1 heterocycles. The quantitative estimate of drug-likeness (QED) is 0.473. The van der Waals surface area contributed by atoms with Crippen molar-refractivity contribution in [3.63, 3.8) is 0 Å². The lowest BCUT2D eigenvalue weighted by Crippen LogP contribution is -2.20. The average Bonchev–Trinajstić information content (AvgIpc) is 3.23. The van der Waals surface area contributed by atoms with Crippen molar-refractivity contribution in [3.05, 3.63) is 77.6 Å². The highest BCUT2D eigenvalue weighted by atomic mass is 16.5. The average molecular weight is 391 g/mol. The van der Waals surface area contributed by atoms with Crippen molar-refractivity contribution >= 4 is 23.3 Å². The van der Waals surface area contributed by atoms with Gasteiger partial charge in [0, 0.05) is 16.8 Å². The molecule has 0 saturated carbocycles. The predicted molar refractivity (Wildman–Crippen MR) is 109 cm³/mol. The Morgan fingerprint density at radius 3 is 2.24 bits per heavy atom. The normalized spacial score (nSPS) is 10.4. The molecule has 0 atom stereocenters. The summed E-state index contributed by atoms with van der Waals surface area (Å²) < 4.78 is 10.5. The first-order valence-electron chi connectivity index (χ1n) is 9.23. The SMILES string of the molecule is CCc1ccc(NC(=O)COC(=O)c2ccc(-c3ccc(C(C)=O)cc3)o2)cc1. The van der Waals surface area contributed by atoms with E-state index in [-0.39, 0.29) is 11.5 Å². The monoisotopic (exact) mass is 391 g/mol. The summed E-state index contributed by atoms with van der Waals surface area (Å²) in [6.45, 7) is 3.12. The Kier molecular flexibility index (Phi) is 6.24. The number of nitrogens with one attached hydrogen (secondary N) is 1. The van der Waals surface area contributed by atoms with Crippen LogP contribution in [0.5, 0.6) is 0 Å². The van der Waals surface area contributed by atoms with E-state index in [0.29, 0.717) is 17.0 Å². The van der Waals surface area contributed by atoms with Gasteiger partial charge >= 0.3 is 5.97 Å². The van der Waals surface area contributed by atoms with Crippen molar-refractivity contribution in [1.29, 1.82) is 0 Å². The number of furan rings is 1. The molecular weight excluding hydrogens is 370 g/mol. The number of esters is 1. The molecule has 0 aliphatic rings. The third-order valence-electron chi connectivity index (χ3n) is 4.36. The number of rotatable bonds is 7. The first-order valence-corrected chi connectivity index (χ1v) is 9.23. The summed E-state index contributed by atoms with van der Waals surface area (Å²) in [6, 6.07) is 17.4. The van der Waals surface area contributed by atoms with Crippen LogP contribution in [0.25, 0.3) is 11.3 Å². The summed E-state index contributed by atoms with van der Waals surface area (Å²) in [4.78, 5) is 35.4. The maximum Gasteiger partial charge on any atom is 0.374 e. The van der Waals surface area contributed by atoms with E-state index in [4.69, 9.17) is 9.15 Å². The van der Waals surface area contributed by atoms with Gasteiger partial charge in [0.05, 0.1) is 0 Å². The topological polar surface area (TPSA) is 85.6 Å². The highest BCUT2D eigenvalue weighted by molar-refractivity contribution is 5.95. The summed E-state index contributed by atoms with van der Waals surface area (Å²) in [5, 5.41) is 2.67. The van der Waals surface area contributed by atoms with Gasteiger partial charge in [-0.3, -0.25) is 9.59 Å². The third kappa shape index (κ3) is 5.19. The zero-order valence-corrected chi connectivity index (χ0v) is 16.2. The minimum absolute atomic E-state index is 0.00394. The predicted octanol–water partition coefficient (Wildman–Crippen LogP) is 4.51. The number of hydrogen-bond donors (Lipinski definition) is 1. The Bertz CT molecular complexity index is 1020. The highest BCUT2D eigenvalue weighted by Gasteiger charge is 2.15. The minimum atomic E-state index is -0.729. The van der Waals surface area contributed by atoms with Gasteiger partial charge in [-0.1, -0.05) is 43.3 Å². The molecule has 2 aromatic carbocycles. The Morgan fingerprint density at radius 2 is 1.62 bits per heavy atom. The van der Waals surface area contributed by atoms with Crippen LogP contribution in [0.15, 0.2) is 65.1 Å². The van der Waals surface area contributed by atoms with E-state index in [9.17, 15) is 14.4 Å². The number of anilines is 1. The number of ketones is 1. The molecule has 148 valence electrons. The largest absolute Gasteiger partial charge is 0.450 e. The smallest absolute Gasteiger partial charge is 0.374 e. The lowest BCUT2D eigenvalue weighted by Gasteiger charge is -2.06. The van der Waals surface area contributed by atoms with Crippen LogP contribution in [0.1, 0.15) is 40.3 Å². The molecule has 3 rings (SSSR count). The lowest BCUT2D eigenvalue weighted by molar-refractivity contribution is -0.119. The number of amides is 1. The molecule has 0 radical (unpaired) electrons. The Balaban J connectivity index is 1.55. The van der Waals surface area contributed by atoms with Crippen LogP contribution < -0.4 is 5.32 Å². The van der Waals surface area contributed by atoms with Gasteiger partial charge in [-0.15, -0.1) is 0 Å². The van der Waals surface area contributed by atoms with E-state index in [1.807, 2.05) is 19.1 Å². The molecule has 0 fully saturated rings. The van der Waals surface area contributed by atoms with Gasteiger partial charge < -0.3 is 14.5 Å². The van der Waals surface area contributed by atoms with Gasteiger partial charge in [0.1, 0.15) is 5.76 Å². The molecule has 29 heavy (non-hydrogen) atoms. The van der Waals surface area contributed by atoms with Crippen LogP contribution in [-0.2, 0) is 16.0 Å². The fourth-order valence-corrected chi connectivity index (χ4v) is 2.70. The number of hydrogen-bond acceptors (Lipinski definition) is 5. The number of Topliss-reactive ketones (excluding diaryl/α,β-unsaturated/α-hetero) is 1. The summed E-state index contributed by atoms with van der Waals surface area (Å²) in [5.74, 6) is -0.731. The van der Waals surface area contributed by atoms with E-state index < -0.39 is 18.5 Å². The maximum atomic E-state index is 12.1. The van der Waals surface area contributed by atoms with Gasteiger partial charge in [-0.2, -0.15) is 0 Å². The van der Waals surface area contributed by atoms with Crippen LogP contribution >= 0.6 is 0 Å². The molecule has 0 aliphatic carbocycles. The van der Waals surface area contributed by atoms with E-state index in [0.717, 1.165) is 12.0 Å². The van der Waals surface area contributed by atoms with Crippen LogP contribution in [0, 0.1) is 0 Å². The highest BCUT2D eigenvalue weighted by Crippen LogP contribution is 2.23. The molecule has 0 saturated heterocycles. The van der Waals surface area contributed by atoms with Gasteiger partial charge in [0.15, 0.2) is 12.4 Å². The summed E-state index contributed by atoms with van der Waals surface area (Å²) >= 11 is 0. The van der Waals surface area contributed by atoms with E-state index >= 15 is 0 Å². The van der Waals surface area contributed by atoms with Crippen molar-refractivity contribution in [2.24, 2.45) is 0 Å². The minimum Gasteiger partial charge on any atom is -0.450 e. The number of carbonyl (C=O) groups excluding carboxylic acids is 3. The molecule has 0 spiro atoms. The second-order valence-electron chi connectivity index (χ2n) is 6.47. The molecule has 6 nitrogen and oxygen atoms in total. The number of benzene rings is 2. The second-order valence-corrected chi connectivity index (χ2v) is 6.47. The molecule has 0 bridgehead atoms. The fraction of sp³-hybridized carbons (Fsp3) is 0.174. The first-order chi connectivity index (χ1) is 14.0. The maximum absolute atomic E-state index is 12.1. The van der Waals surface area contributed by atoms with Crippen molar-refractivity contribution in [3.8, 4) is 11.3 Å². The van der Waals surface area contributed by atoms with Crippen molar-refractivity contribution in [2.45, 2.75) is 20.3 Å². The molecule has 0 aliphatic heterocycles. The molecule has 1 aromatic heterocycles. The van der Waals surface area contributed by atoms with Crippen molar-refractivity contribution in [2.75, 3.05) is 11.9 Å². The van der Waals surface area contributed by atoms with Gasteiger partial charge in [0.2, 0.25) is 5.76 Å². The number of carbonyl (C=O) groups is 3. The number of aryl methyl sites for hydroxylation is 1. The molecule has 0 unspecified atom stereocenters. The van der Waals surface area contributed by atoms with Gasteiger partial charge in [-0.05, 0) is 43.2 Å². The van der Waals surface area contributed by atoms with Crippen LogP contribution in [0.2, 0.25) is 0 Å². The van der Waals surface area contributed by atoms with Crippen LogP contribution in [0.4, 0.5) is 5.69 Å². The van der Waals surface area contributed by atoms with Crippen LogP contribution in [-0.4, -0.2) is 24.3 Å². The standard InChI is InChI=1S/C23H21NO5/c1-3-16-4-10-19(11-5-16)24-22(26)14-28-23(27)21-13-12-20(29-21)18-8-6-17(7-9-18)15(2)25/h4-13H,3,14H2,1-2H3,(H,24,26). The van der Waals surface area contributed by atoms with Gasteiger partial charge in [-0.25, -0.2) is 4.79 Å². The van der Waals surface area contributed by atoms with Gasteiger partial charge in [0.25, 0.3) is 5.91 Å². The molecule has 1 N–H and O–H groups in total. The fourth-order valence-electron chi connectivity index (χ4n) is 2.70. The summed E-state index contributed by atoms with van der Waals surface area (Å²) in [7, 11) is 0. The van der Waals surface area contributed by atoms with Crippen molar-refractivity contribution < 1.29 is 23.5 Å². The zero-order chi connectivity index (χ0) is 20.8. The van der Waals surface area contributed by atoms with E-state index in [1.54, 1.807) is 42.5 Å². The summed E-state index contributed by atoms with van der Waals surface area (Å²) in [6.07, 6.45) is 0.915. The molecule has 6 heteroatoms. The third-order valence-corrected chi connectivity index (χ3v) is 4.36. The Labute approximate surface area is 168 Å². The molecule has 3 aromatic rings. The van der Waals surface area contributed by atoms with E-state index in [2.05, 4.69) is 5.32 Å². The lowest BCUT2D eigenvalue weighted by atomic mass is 10.1. The molecular formula is C23H21NO5. The summed E-state index contributed by atoms with van der Waals surface area (Å²) in [5.41, 5.74) is 3.12. The number of ether oxygens (including phenoxy) is 1. The zero-order valence-electron chi connectivity index (χ0n) is 16.2. The first kappa shape index (κ1) is 20.1. The van der Waals surface area contributed by atoms with E-state index in [1.165, 1.54) is 18.6 Å². The Morgan fingerprint density at radius 1 is 0.931 bits per heavy atom. The Hall–Kier alpha value is -3.67. The molecule has 1 amide bonds. The second kappa shape index (κ2) is 9.01. The van der Waals surface area contributed by atoms with Crippen molar-refractivity contribution in [1.82, 2.24) is 0 Å². The van der Waals surface area contributed by atoms with Crippen LogP contribution in [0.3, 0.4) is 0 Å².